The number of rotatable bonds is 2. The van der Waals surface area contributed by atoms with Crippen LogP contribution < -0.4 is 11.1 Å². The molecule has 60 valence electrons. The van der Waals surface area contributed by atoms with Gasteiger partial charge in [0.05, 0.1) is 0 Å². The average molecular weight is 151 g/mol. The van der Waals surface area contributed by atoms with Crippen molar-refractivity contribution in [3.8, 4) is 0 Å². The molecule has 0 fully saturated rings. The van der Waals surface area contributed by atoms with Gasteiger partial charge in [-0.2, -0.15) is 0 Å². The summed E-state index contributed by atoms with van der Waals surface area (Å²) < 4.78 is 0. The van der Waals surface area contributed by atoms with E-state index < -0.39 is 0 Å². The molecule has 0 saturated carbocycles. The molecule has 0 aromatic carbocycles. The van der Waals surface area contributed by atoms with E-state index in [1.165, 1.54) is 0 Å². The zero-order chi connectivity index (χ0) is 8.27. The van der Waals surface area contributed by atoms with Crippen LogP contribution in [0, 0.1) is 0 Å². The maximum Gasteiger partial charge on any atom is 0.0393 e. The summed E-state index contributed by atoms with van der Waals surface area (Å²) in [5.41, 5.74) is 7.56. The van der Waals surface area contributed by atoms with Crippen molar-refractivity contribution < 1.29 is 0 Å². The summed E-state index contributed by atoms with van der Waals surface area (Å²) in [7, 11) is 1.90. The van der Waals surface area contributed by atoms with Crippen molar-refractivity contribution >= 4 is 5.69 Å². The third-order valence-corrected chi connectivity index (χ3v) is 1.79. The summed E-state index contributed by atoms with van der Waals surface area (Å²) in [6, 6.07) is 2.08. The van der Waals surface area contributed by atoms with Crippen LogP contribution in [0.25, 0.3) is 0 Å². The monoisotopic (exact) mass is 151 g/mol. The highest BCUT2D eigenvalue weighted by molar-refractivity contribution is 5.45. The number of pyridine rings is 1. The van der Waals surface area contributed by atoms with Gasteiger partial charge in [-0.25, -0.2) is 0 Å². The largest absolute Gasteiger partial charge is 0.398 e. The Labute approximate surface area is 66.6 Å². The third kappa shape index (κ3) is 1.68. The molecule has 11 heavy (non-hydrogen) atoms. The number of aromatic nitrogens is 1. The van der Waals surface area contributed by atoms with Crippen LogP contribution in [0.1, 0.15) is 18.5 Å². The van der Waals surface area contributed by atoms with Gasteiger partial charge in [-0.3, -0.25) is 4.98 Å². The van der Waals surface area contributed by atoms with Crippen molar-refractivity contribution in [2.24, 2.45) is 0 Å². The fourth-order valence-electron chi connectivity index (χ4n) is 0.935. The molecule has 0 aliphatic rings. The summed E-state index contributed by atoms with van der Waals surface area (Å²) in [6.45, 7) is 2.05. The molecule has 3 nitrogen and oxygen atoms in total. The van der Waals surface area contributed by atoms with Gasteiger partial charge in [0.15, 0.2) is 0 Å². The summed E-state index contributed by atoms with van der Waals surface area (Å²) in [5.74, 6) is 0. The van der Waals surface area contributed by atoms with Gasteiger partial charge in [0, 0.05) is 29.7 Å². The first-order chi connectivity index (χ1) is 5.25. The van der Waals surface area contributed by atoms with Crippen molar-refractivity contribution in [2.75, 3.05) is 12.8 Å². The van der Waals surface area contributed by atoms with Crippen molar-refractivity contribution in [3.63, 3.8) is 0 Å². The van der Waals surface area contributed by atoms with Crippen LogP contribution >= 0.6 is 0 Å². The van der Waals surface area contributed by atoms with E-state index in [1.807, 2.05) is 20.0 Å². The van der Waals surface area contributed by atoms with Crippen LogP contribution in [0.5, 0.6) is 0 Å². The fourth-order valence-corrected chi connectivity index (χ4v) is 0.935. The smallest absolute Gasteiger partial charge is 0.0393 e. The molecule has 0 spiro atoms. The van der Waals surface area contributed by atoms with Crippen LogP contribution in [0.3, 0.4) is 0 Å². The Kier molecular flexibility index (Phi) is 2.44. The molecule has 0 unspecified atom stereocenters. The molecule has 1 aromatic heterocycles. The minimum absolute atomic E-state index is 0.267. The highest BCUT2D eigenvalue weighted by Gasteiger charge is 2.04. The van der Waals surface area contributed by atoms with E-state index in [9.17, 15) is 0 Å². The Bertz CT molecular complexity index is 235. The van der Waals surface area contributed by atoms with Gasteiger partial charge in [0.25, 0.3) is 0 Å². The van der Waals surface area contributed by atoms with Gasteiger partial charge < -0.3 is 11.1 Å². The van der Waals surface area contributed by atoms with Crippen molar-refractivity contribution in [3.05, 3.63) is 24.0 Å². The second kappa shape index (κ2) is 3.34. The number of nitrogens with one attached hydrogen (secondary N) is 1. The van der Waals surface area contributed by atoms with Crippen molar-refractivity contribution in [1.29, 1.82) is 0 Å². The molecule has 0 amide bonds. The van der Waals surface area contributed by atoms with Crippen LogP contribution in [0.15, 0.2) is 18.5 Å². The van der Waals surface area contributed by atoms with E-state index in [4.69, 9.17) is 5.73 Å². The molecule has 0 radical (unpaired) electrons. The van der Waals surface area contributed by atoms with Gasteiger partial charge in [-0.1, -0.05) is 0 Å². The van der Waals surface area contributed by atoms with Crippen molar-refractivity contribution in [1.82, 2.24) is 10.3 Å². The van der Waals surface area contributed by atoms with Crippen LogP contribution in [-0.4, -0.2) is 12.0 Å². The second-order valence-electron chi connectivity index (χ2n) is 2.51. The SMILES string of the molecule is CN[C@H](C)c1cnccc1N. The van der Waals surface area contributed by atoms with E-state index in [-0.39, 0.29) is 6.04 Å². The highest BCUT2D eigenvalue weighted by Crippen LogP contribution is 2.16. The zero-order valence-electron chi connectivity index (χ0n) is 6.83. The molecule has 1 aromatic rings. The number of hydrogen-bond acceptors (Lipinski definition) is 3. The van der Waals surface area contributed by atoms with Gasteiger partial charge in [0.2, 0.25) is 0 Å². The second-order valence-corrected chi connectivity index (χ2v) is 2.51. The van der Waals surface area contributed by atoms with E-state index >= 15 is 0 Å². The standard InChI is InChI=1S/C8H13N3/c1-6(10-2)7-5-11-4-3-8(7)9/h3-6,10H,1-2H3,(H2,9,11)/t6-/m1/s1. The number of nitrogen functional groups attached to an aromatic ring is 1. The molecule has 0 saturated heterocycles. The first-order valence-corrected chi connectivity index (χ1v) is 3.62. The zero-order valence-corrected chi connectivity index (χ0v) is 6.83. The Balaban J connectivity index is 2.93. The van der Waals surface area contributed by atoms with Gasteiger partial charge >= 0.3 is 0 Å². The number of nitrogens with two attached hydrogens (primary N) is 1. The lowest BCUT2D eigenvalue weighted by molar-refractivity contribution is 0.651. The molecule has 0 aliphatic heterocycles. The van der Waals surface area contributed by atoms with Gasteiger partial charge in [-0.05, 0) is 20.0 Å². The van der Waals surface area contributed by atoms with Gasteiger partial charge in [0.1, 0.15) is 0 Å². The third-order valence-electron chi connectivity index (χ3n) is 1.79. The maximum absolute atomic E-state index is 5.72. The molecule has 3 heteroatoms. The summed E-state index contributed by atoms with van der Waals surface area (Å²) >= 11 is 0. The molecule has 1 rings (SSSR count). The van der Waals surface area contributed by atoms with Crippen LogP contribution in [0.4, 0.5) is 5.69 Å². The Morgan fingerprint density at radius 2 is 2.36 bits per heavy atom. The molecular weight excluding hydrogens is 138 g/mol. The van der Waals surface area contributed by atoms with E-state index in [0.29, 0.717) is 0 Å². The highest BCUT2D eigenvalue weighted by atomic mass is 14.9. The Hall–Kier alpha value is -1.09. The molecular formula is C8H13N3. The van der Waals surface area contributed by atoms with E-state index in [0.717, 1.165) is 11.3 Å². The van der Waals surface area contributed by atoms with E-state index in [2.05, 4.69) is 10.3 Å². The van der Waals surface area contributed by atoms with Crippen molar-refractivity contribution in [2.45, 2.75) is 13.0 Å². The minimum atomic E-state index is 0.267. The first-order valence-electron chi connectivity index (χ1n) is 3.62. The van der Waals surface area contributed by atoms with Crippen LogP contribution in [-0.2, 0) is 0 Å². The lowest BCUT2D eigenvalue weighted by atomic mass is 10.1. The predicted molar refractivity (Wildman–Crippen MR) is 46.1 cm³/mol. The number of anilines is 1. The maximum atomic E-state index is 5.72. The minimum Gasteiger partial charge on any atom is -0.398 e. The lowest BCUT2D eigenvalue weighted by Crippen LogP contribution is -2.14. The van der Waals surface area contributed by atoms with Gasteiger partial charge in [-0.15, -0.1) is 0 Å². The normalized spacial score (nSPS) is 12.9. The average Bonchev–Trinajstić information content (AvgIpc) is 2.04. The molecule has 1 heterocycles. The fraction of sp³-hybridized carbons (Fsp3) is 0.375. The topological polar surface area (TPSA) is 50.9 Å². The molecule has 1 atom stereocenters. The van der Waals surface area contributed by atoms with E-state index in [1.54, 1.807) is 12.4 Å². The molecule has 3 N–H and O–H groups in total. The summed E-state index contributed by atoms with van der Waals surface area (Å²) in [4.78, 5) is 3.99. The number of nitrogens with zero attached hydrogens (tertiary/aromatic N) is 1. The number of hydrogen-bond donors (Lipinski definition) is 2. The summed E-state index contributed by atoms with van der Waals surface area (Å²) in [6.07, 6.45) is 3.48. The lowest BCUT2D eigenvalue weighted by Gasteiger charge is -2.11. The Morgan fingerprint density at radius 1 is 1.64 bits per heavy atom. The Morgan fingerprint density at radius 3 is 2.91 bits per heavy atom. The molecule has 0 bridgehead atoms. The quantitative estimate of drug-likeness (QED) is 0.661. The predicted octanol–water partition coefficient (Wildman–Crippen LogP) is 0.944. The van der Waals surface area contributed by atoms with Crippen LogP contribution in [0.2, 0.25) is 0 Å². The summed E-state index contributed by atoms with van der Waals surface area (Å²) in [5, 5.41) is 3.10. The first kappa shape index (κ1) is 8.01. The molecule has 0 aliphatic carbocycles.